The first-order valence-electron chi connectivity index (χ1n) is 6.08. The van der Waals surface area contributed by atoms with E-state index >= 15 is 0 Å². The van der Waals surface area contributed by atoms with Crippen LogP contribution in [-0.4, -0.2) is 43.2 Å². The average molecular weight is 271 g/mol. The van der Waals surface area contributed by atoms with Crippen LogP contribution in [0.4, 0.5) is 14.6 Å². The van der Waals surface area contributed by atoms with Gasteiger partial charge in [-0.1, -0.05) is 0 Å². The number of carbonyl (C=O) groups excluding carboxylic acids is 1. The predicted octanol–water partition coefficient (Wildman–Crippen LogP) is 0.701. The SMILES string of the molecule is CCOC(=O)C1CNCCN1c1ncc(F)cc1F. The predicted molar refractivity (Wildman–Crippen MR) is 64.8 cm³/mol. The highest BCUT2D eigenvalue weighted by Gasteiger charge is 2.32. The molecule has 19 heavy (non-hydrogen) atoms. The number of aromatic nitrogens is 1. The Kier molecular flexibility index (Phi) is 4.26. The first-order chi connectivity index (χ1) is 9.13. The summed E-state index contributed by atoms with van der Waals surface area (Å²) < 4.78 is 31.6. The maximum atomic E-state index is 13.7. The van der Waals surface area contributed by atoms with Gasteiger partial charge in [0.2, 0.25) is 0 Å². The third-order valence-electron chi connectivity index (χ3n) is 2.86. The molecule has 1 aliphatic heterocycles. The molecule has 1 fully saturated rings. The minimum atomic E-state index is -0.781. The number of hydrogen-bond acceptors (Lipinski definition) is 5. The largest absolute Gasteiger partial charge is 0.464 e. The minimum Gasteiger partial charge on any atom is -0.464 e. The number of anilines is 1. The van der Waals surface area contributed by atoms with E-state index in [1.54, 1.807) is 6.92 Å². The van der Waals surface area contributed by atoms with Crippen LogP contribution in [0.3, 0.4) is 0 Å². The van der Waals surface area contributed by atoms with E-state index in [1.807, 2.05) is 0 Å². The maximum Gasteiger partial charge on any atom is 0.330 e. The highest BCUT2D eigenvalue weighted by atomic mass is 19.1. The van der Waals surface area contributed by atoms with Crippen molar-refractivity contribution in [2.75, 3.05) is 31.1 Å². The zero-order chi connectivity index (χ0) is 13.8. The Balaban J connectivity index is 2.26. The quantitative estimate of drug-likeness (QED) is 0.820. The van der Waals surface area contributed by atoms with Crippen LogP contribution in [-0.2, 0) is 9.53 Å². The Hall–Kier alpha value is -1.76. The van der Waals surface area contributed by atoms with E-state index in [-0.39, 0.29) is 12.4 Å². The van der Waals surface area contributed by atoms with E-state index < -0.39 is 23.6 Å². The van der Waals surface area contributed by atoms with E-state index in [4.69, 9.17) is 4.74 Å². The molecule has 0 saturated carbocycles. The molecule has 2 heterocycles. The third kappa shape index (κ3) is 2.98. The van der Waals surface area contributed by atoms with Crippen LogP contribution in [0.15, 0.2) is 12.3 Å². The molecule has 0 aliphatic carbocycles. The molecule has 1 atom stereocenters. The van der Waals surface area contributed by atoms with Gasteiger partial charge in [0.25, 0.3) is 0 Å². The van der Waals surface area contributed by atoms with Crippen molar-refractivity contribution in [1.82, 2.24) is 10.3 Å². The van der Waals surface area contributed by atoms with Gasteiger partial charge in [0.05, 0.1) is 12.8 Å². The van der Waals surface area contributed by atoms with E-state index in [9.17, 15) is 13.6 Å². The van der Waals surface area contributed by atoms with Crippen LogP contribution in [0.1, 0.15) is 6.92 Å². The fourth-order valence-corrected chi connectivity index (χ4v) is 2.03. The molecule has 7 heteroatoms. The van der Waals surface area contributed by atoms with Crippen molar-refractivity contribution in [3.63, 3.8) is 0 Å². The third-order valence-corrected chi connectivity index (χ3v) is 2.86. The molecule has 104 valence electrons. The van der Waals surface area contributed by atoms with Crippen molar-refractivity contribution in [2.24, 2.45) is 0 Å². The highest BCUT2D eigenvalue weighted by Crippen LogP contribution is 2.20. The summed E-state index contributed by atoms with van der Waals surface area (Å²) in [6, 6.07) is 0.105. The summed E-state index contributed by atoms with van der Waals surface area (Å²) >= 11 is 0. The van der Waals surface area contributed by atoms with Crippen molar-refractivity contribution in [2.45, 2.75) is 13.0 Å². The van der Waals surface area contributed by atoms with E-state index in [1.165, 1.54) is 4.90 Å². The zero-order valence-electron chi connectivity index (χ0n) is 10.5. The standard InChI is InChI=1S/C12H15F2N3O2/c1-2-19-12(18)10-7-15-3-4-17(10)11-9(14)5-8(13)6-16-11/h5-6,10,15H,2-4,7H2,1H3. The number of halogens is 2. The molecule has 1 aliphatic rings. The fraction of sp³-hybridized carbons (Fsp3) is 0.500. The van der Waals surface area contributed by atoms with Gasteiger partial charge >= 0.3 is 5.97 Å². The molecular weight excluding hydrogens is 256 g/mol. The Labute approximate surface area is 109 Å². The molecule has 0 aromatic carbocycles. The van der Waals surface area contributed by atoms with Gasteiger partial charge < -0.3 is 15.0 Å². The van der Waals surface area contributed by atoms with Crippen molar-refractivity contribution < 1.29 is 18.3 Å². The molecule has 1 unspecified atom stereocenters. The topological polar surface area (TPSA) is 54.5 Å². The highest BCUT2D eigenvalue weighted by molar-refractivity contribution is 5.80. The second-order valence-corrected chi connectivity index (χ2v) is 4.12. The number of rotatable bonds is 3. The van der Waals surface area contributed by atoms with Gasteiger partial charge in [-0.2, -0.15) is 0 Å². The first-order valence-corrected chi connectivity index (χ1v) is 6.08. The summed E-state index contributed by atoms with van der Waals surface area (Å²) in [5.74, 6) is -2.00. The van der Waals surface area contributed by atoms with Gasteiger partial charge in [0.1, 0.15) is 11.9 Å². The van der Waals surface area contributed by atoms with Crippen LogP contribution < -0.4 is 10.2 Å². The number of ether oxygens (including phenoxy) is 1. The fourth-order valence-electron chi connectivity index (χ4n) is 2.03. The summed E-state index contributed by atoms with van der Waals surface area (Å²) in [7, 11) is 0. The number of esters is 1. The zero-order valence-corrected chi connectivity index (χ0v) is 10.5. The van der Waals surface area contributed by atoms with Crippen molar-refractivity contribution in [3.8, 4) is 0 Å². The van der Waals surface area contributed by atoms with Gasteiger partial charge in [-0.3, -0.25) is 0 Å². The van der Waals surface area contributed by atoms with E-state index in [0.717, 1.165) is 12.3 Å². The Morgan fingerprint density at radius 1 is 1.63 bits per heavy atom. The van der Waals surface area contributed by atoms with E-state index in [2.05, 4.69) is 10.3 Å². The monoisotopic (exact) mass is 271 g/mol. The number of piperazine rings is 1. The second kappa shape index (κ2) is 5.92. The Morgan fingerprint density at radius 3 is 3.11 bits per heavy atom. The van der Waals surface area contributed by atoms with Gasteiger partial charge in [-0.25, -0.2) is 18.6 Å². The Bertz CT molecular complexity index is 470. The lowest BCUT2D eigenvalue weighted by Crippen LogP contribution is -2.56. The normalized spacial score (nSPS) is 19.3. The summed E-state index contributed by atoms with van der Waals surface area (Å²) in [6.45, 7) is 3.29. The minimum absolute atomic E-state index is 0.0269. The van der Waals surface area contributed by atoms with Crippen molar-refractivity contribution in [3.05, 3.63) is 23.9 Å². The molecule has 1 saturated heterocycles. The van der Waals surface area contributed by atoms with Crippen molar-refractivity contribution >= 4 is 11.8 Å². The lowest BCUT2D eigenvalue weighted by molar-refractivity contribution is -0.144. The lowest BCUT2D eigenvalue weighted by atomic mass is 10.2. The van der Waals surface area contributed by atoms with E-state index in [0.29, 0.717) is 19.6 Å². The number of nitrogens with one attached hydrogen (secondary N) is 1. The average Bonchev–Trinajstić information content (AvgIpc) is 2.39. The van der Waals surface area contributed by atoms with Gasteiger partial charge in [-0.05, 0) is 6.92 Å². The smallest absolute Gasteiger partial charge is 0.330 e. The van der Waals surface area contributed by atoms with Crippen LogP contribution in [0.2, 0.25) is 0 Å². The molecule has 1 aromatic rings. The number of carbonyl (C=O) groups is 1. The number of pyridine rings is 1. The molecule has 0 spiro atoms. The van der Waals surface area contributed by atoms with Crippen LogP contribution in [0.5, 0.6) is 0 Å². The van der Waals surface area contributed by atoms with Crippen LogP contribution in [0.25, 0.3) is 0 Å². The molecule has 0 radical (unpaired) electrons. The van der Waals surface area contributed by atoms with Crippen LogP contribution in [0, 0.1) is 11.6 Å². The summed E-state index contributed by atoms with van der Waals surface area (Å²) in [4.78, 5) is 17.1. The molecule has 0 amide bonds. The number of nitrogens with zero attached hydrogens (tertiary/aromatic N) is 2. The summed E-state index contributed by atoms with van der Waals surface area (Å²) in [5.41, 5.74) is 0. The molecule has 1 N–H and O–H groups in total. The lowest BCUT2D eigenvalue weighted by Gasteiger charge is -2.35. The first kappa shape index (κ1) is 13.7. The molecule has 5 nitrogen and oxygen atoms in total. The number of hydrogen-bond donors (Lipinski definition) is 1. The van der Waals surface area contributed by atoms with Gasteiger partial charge in [0.15, 0.2) is 11.6 Å². The van der Waals surface area contributed by atoms with Gasteiger partial charge in [-0.15, -0.1) is 0 Å². The molecular formula is C12H15F2N3O2. The molecule has 1 aromatic heterocycles. The van der Waals surface area contributed by atoms with Crippen molar-refractivity contribution in [1.29, 1.82) is 0 Å². The second-order valence-electron chi connectivity index (χ2n) is 4.12. The Morgan fingerprint density at radius 2 is 2.42 bits per heavy atom. The van der Waals surface area contributed by atoms with Crippen LogP contribution >= 0.6 is 0 Å². The van der Waals surface area contributed by atoms with Gasteiger partial charge in [0, 0.05) is 25.7 Å². The molecule has 2 rings (SSSR count). The summed E-state index contributed by atoms with van der Waals surface area (Å²) in [6.07, 6.45) is 0.933. The maximum absolute atomic E-state index is 13.7. The molecule has 0 bridgehead atoms. The summed E-state index contributed by atoms with van der Waals surface area (Å²) in [5, 5.41) is 3.04.